The van der Waals surface area contributed by atoms with Crippen LogP contribution in [0.1, 0.15) is 37.4 Å². The maximum absolute atomic E-state index is 13.5. The number of nitrogens with two attached hydrogens (primary N) is 1. The normalized spacial score (nSPS) is 11.1. The predicted molar refractivity (Wildman–Crippen MR) is 118 cm³/mol. The zero-order valence-corrected chi connectivity index (χ0v) is 17.6. The minimum absolute atomic E-state index is 0.157. The predicted octanol–water partition coefficient (Wildman–Crippen LogP) is 3.81. The second-order valence-corrected chi connectivity index (χ2v) is 7.64. The van der Waals surface area contributed by atoms with Crippen molar-refractivity contribution in [3.05, 3.63) is 82.4 Å². The molecular formula is C25H23N2O4+. The summed E-state index contributed by atoms with van der Waals surface area (Å²) in [5.74, 6) is -1.15. The number of aromatic nitrogens is 1. The van der Waals surface area contributed by atoms with E-state index in [9.17, 15) is 14.7 Å². The van der Waals surface area contributed by atoms with Crippen LogP contribution in [-0.4, -0.2) is 17.0 Å². The number of carboxylic acids is 1. The number of aromatic carboxylic acids is 1. The highest BCUT2D eigenvalue weighted by atomic mass is 16.5. The number of rotatable bonds is 4. The molecule has 0 radical (unpaired) electrons. The highest BCUT2D eigenvalue weighted by molar-refractivity contribution is 6.13. The molecule has 0 aliphatic rings. The summed E-state index contributed by atoms with van der Waals surface area (Å²) in [5, 5.41) is 10.8. The first kappa shape index (κ1) is 20.5. The molecule has 4 rings (SSSR count). The first-order valence-electron chi connectivity index (χ1n) is 9.92. The van der Waals surface area contributed by atoms with Gasteiger partial charge in [0.2, 0.25) is 11.0 Å². The second kappa shape index (κ2) is 7.81. The van der Waals surface area contributed by atoms with E-state index in [0.717, 1.165) is 27.4 Å². The van der Waals surface area contributed by atoms with E-state index in [1.807, 2.05) is 54.1 Å². The molecule has 3 aromatic carbocycles. The molecule has 0 unspecified atom stereocenters. The number of pyridine rings is 1. The van der Waals surface area contributed by atoms with E-state index in [2.05, 4.69) is 0 Å². The summed E-state index contributed by atoms with van der Waals surface area (Å²) in [6.07, 6.45) is 0. The zero-order chi connectivity index (χ0) is 22.3. The highest BCUT2D eigenvalue weighted by Crippen LogP contribution is 2.30. The van der Waals surface area contributed by atoms with Crippen molar-refractivity contribution < 1.29 is 24.0 Å². The van der Waals surface area contributed by atoms with Gasteiger partial charge in [-0.25, -0.2) is 9.59 Å². The number of benzene rings is 3. The van der Waals surface area contributed by atoms with E-state index < -0.39 is 11.9 Å². The van der Waals surface area contributed by atoms with Gasteiger partial charge in [-0.3, -0.25) is 0 Å². The standard InChI is InChI=1S/C25H22N2O4/c1-14-10-17(24(28)29)11-15(2)23(14)31-25(30)22-18-6-4-5-7-20(18)27(3)21-9-8-16(13-26)12-19(21)22/h4-12H,13,26H2,1-3H3/p+1. The molecule has 156 valence electrons. The van der Waals surface area contributed by atoms with Gasteiger partial charge in [0.05, 0.1) is 21.9 Å². The number of nitrogens with zero attached hydrogens (tertiary/aromatic N) is 1. The lowest BCUT2D eigenvalue weighted by Gasteiger charge is -2.14. The first-order chi connectivity index (χ1) is 14.8. The van der Waals surface area contributed by atoms with Crippen LogP contribution in [0.5, 0.6) is 5.75 Å². The van der Waals surface area contributed by atoms with E-state index in [0.29, 0.717) is 29.0 Å². The number of fused-ring (bicyclic) bond motifs is 2. The van der Waals surface area contributed by atoms with E-state index in [1.54, 1.807) is 13.8 Å². The van der Waals surface area contributed by atoms with Crippen molar-refractivity contribution in [3.63, 3.8) is 0 Å². The van der Waals surface area contributed by atoms with Crippen molar-refractivity contribution in [3.8, 4) is 5.75 Å². The molecular weight excluding hydrogens is 392 g/mol. The van der Waals surface area contributed by atoms with Crippen molar-refractivity contribution in [1.82, 2.24) is 0 Å². The van der Waals surface area contributed by atoms with Gasteiger partial charge < -0.3 is 15.6 Å². The van der Waals surface area contributed by atoms with Gasteiger partial charge in [-0.2, -0.15) is 4.57 Å². The number of para-hydroxylation sites is 1. The van der Waals surface area contributed by atoms with Gasteiger partial charge >= 0.3 is 11.9 Å². The second-order valence-electron chi connectivity index (χ2n) is 7.64. The molecule has 6 nitrogen and oxygen atoms in total. The molecule has 1 aromatic heterocycles. The molecule has 0 atom stereocenters. The Morgan fingerprint density at radius 1 is 0.968 bits per heavy atom. The number of esters is 1. The number of hydrogen-bond donors (Lipinski definition) is 2. The molecule has 0 aliphatic heterocycles. The number of carbonyl (C=O) groups excluding carboxylic acids is 1. The maximum Gasteiger partial charge on any atom is 0.345 e. The van der Waals surface area contributed by atoms with Crippen LogP contribution in [0.15, 0.2) is 54.6 Å². The Morgan fingerprint density at radius 2 is 1.61 bits per heavy atom. The molecule has 4 aromatic rings. The van der Waals surface area contributed by atoms with Crippen LogP contribution < -0.4 is 15.0 Å². The van der Waals surface area contributed by atoms with E-state index in [-0.39, 0.29) is 5.56 Å². The van der Waals surface area contributed by atoms with Crippen molar-refractivity contribution >= 4 is 33.7 Å². The molecule has 3 N–H and O–H groups in total. The van der Waals surface area contributed by atoms with E-state index >= 15 is 0 Å². The molecule has 0 amide bonds. The van der Waals surface area contributed by atoms with Crippen LogP contribution in [0.2, 0.25) is 0 Å². The zero-order valence-electron chi connectivity index (χ0n) is 17.6. The van der Waals surface area contributed by atoms with Gasteiger partial charge in [0, 0.05) is 18.7 Å². The fraction of sp³-hybridized carbons (Fsp3) is 0.160. The lowest BCUT2D eigenvalue weighted by molar-refractivity contribution is -0.617. The van der Waals surface area contributed by atoms with Crippen LogP contribution >= 0.6 is 0 Å². The highest BCUT2D eigenvalue weighted by Gasteiger charge is 2.25. The minimum Gasteiger partial charge on any atom is -0.478 e. The average molecular weight is 415 g/mol. The van der Waals surface area contributed by atoms with Crippen molar-refractivity contribution in [2.24, 2.45) is 12.8 Å². The van der Waals surface area contributed by atoms with Crippen molar-refractivity contribution in [1.29, 1.82) is 0 Å². The summed E-state index contributed by atoms with van der Waals surface area (Å²) < 4.78 is 7.90. The Balaban J connectivity index is 1.93. The van der Waals surface area contributed by atoms with Gasteiger partial charge in [0.25, 0.3) is 0 Å². The molecule has 1 heterocycles. The Kier molecular flexibility index (Phi) is 5.17. The van der Waals surface area contributed by atoms with Gasteiger partial charge in [-0.05, 0) is 54.8 Å². The third-order valence-corrected chi connectivity index (χ3v) is 5.57. The Labute approximate surface area is 179 Å². The summed E-state index contributed by atoms with van der Waals surface area (Å²) in [6, 6.07) is 16.5. The molecule has 0 saturated carbocycles. The van der Waals surface area contributed by atoms with Crippen molar-refractivity contribution in [2.45, 2.75) is 20.4 Å². The lowest BCUT2D eigenvalue weighted by atomic mass is 10.00. The molecule has 0 spiro atoms. The Hall–Kier alpha value is -3.77. The lowest BCUT2D eigenvalue weighted by Crippen LogP contribution is -2.31. The topological polar surface area (TPSA) is 93.5 Å². The monoisotopic (exact) mass is 415 g/mol. The van der Waals surface area contributed by atoms with Crippen LogP contribution in [-0.2, 0) is 13.6 Å². The SMILES string of the molecule is Cc1cc(C(=O)O)cc(C)c1OC(=O)c1c2ccccc2[n+](C)c2ccc(CN)cc12. The third kappa shape index (κ3) is 3.51. The summed E-state index contributed by atoms with van der Waals surface area (Å²) in [7, 11) is 1.96. The van der Waals surface area contributed by atoms with E-state index in [1.165, 1.54) is 12.1 Å². The fourth-order valence-electron chi connectivity index (χ4n) is 4.05. The molecule has 0 bridgehead atoms. The van der Waals surface area contributed by atoms with Crippen LogP contribution in [0.25, 0.3) is 21.8 Å². The Bertz CT molecular complexity index is 1350. The third-order valence-electron chi connectivity index (χ3n) is 5.57. The maximum atomic E-state index is 13.5. The van der Waals surface area contributed by atoms with Crippen molar-refractivity contribution in [2.75, 3.05) is 0 Å². The average Bonchev–Trinajstić information content (AvgIpc) is 2.75. The van der Waals surface area contributed by atoms with Crippen LogP contribution in [0, 0.1) is 13.8 Å². The largest absolute Gasteiger partial charge is 0.478 e. The first-order valence-corrected chi connectivity index (χ1v) is 9.92. The van der Waals surface area contributed by atoms with Gasteiger partial charge in [-0.15, -0.1) is 0 Å². The molecule has 0 fully saturated rings. The van der Waals surface area contributed by atoms with Gasteiger partial charge in [-0.1, -0.05) is 18.2 Å². The summed E-state index contributed by atoms with van der Waals surface area (Å²) >= 11 is 0. The van der Waals surface area contributed by atoms with Crippen LogP contribution in [0.4, 0.5) is 0 Å². The number of carboxylic acid groups (broad SMARTS) is 1. The molecule has 0 saturated heterocycles. The van der Waals surface area contributed by atoms with Gasteiger partial charge in [0.15, 0.2) is 0 Å². The van der Waals surface area contributed by atoms with E-state index in [4.69, 9.17) is 10.5 Å². The molecule has 31 heavy (non-hydrogen) atoms. The van der Waals surface area contributed by atoms with Gasteiger partial charge in [0.1, 0.15) is 12.8 Å². The minimum atomic E-state index is -1.02. The summed E-state index contributed by atoms with van der Waals surface area (Å²) in [5.41, 5.74) is 10.3. The number of aryl methyl sites for hydroxylation is 3. The quantitative estimate of drug-likeness (QED) is 0.229. The summed E-state index contributed by atoms with van der Waals surface area (Å²) in [6.45, 7) is 3.82. The smallest absolute Gasteiger partial charge is 0.345 e. The fourth-order valence-corrected chi connectivity index (χ4v) is 4.05. The summed E-state index contributed by atoms with van der Waals surface area (Å²) in [4.78, 5) is 24.8. The number of ether oxygens (including phenoxy) is 1. The Morgan fingerprint density at radius 3 is 2.26 bits per heavy atom. The van der Waals surface area contributed by atoms with Crippen LogP contribution in [0.3, 0.4) is 0 Å². The molecule has 0 aliphatic carbocycles. The number of hydrogen-bond acceptors (Lipinski definition) is 4. The number of carbonyl (C=O) groups is 2. The molecule has 6 heteroatoms.